The van der Waals surface area contributed by atoms with Crippen molar-refractivity contribution in [2.24, 2.45) is 5.92 Å². The van der Waals surface area contributed by atoms with Crippen molar-refractivity contribution in [3.8, 4) is 0 Å². The Morgan fingerprint density at radius 1 is 0.909 bits per heavy atom. The summed E-state index contributed by atoms with van der Waals surface area (Å²) in [5.74, 6) is -0.669. The van der Waals surface area contributed by atoms with Crippen LogP contribution >= 0.6 is 23.2 Å². The Kier molecular flexibility index (Phi) is 4.19. The quantitative estimate of drug-likeness (QED) is 0.792. The van der Waals surface area contributed by atoms with Crippen molar-refractivity contribution in [1.82, 2.24) is 0 Å². The largest absolute Gasteiger partial charge is 0.274 e. The molecule has 5 heteroatoms. The van der Waals surface area contributed by atoms with Crippen molar-refractivity contribution in [2.75, 3.05) is 4.90 Å². The highest BCUT2D eigenvalue weighted by Gasteiger charge is 2.39. The van der Waals surface area contributed by atoms with Crippen LogP contribution in [0, 0.1) is 5.92 Å². The van der Waals surface area contributed by atoms with Gasteiger partial charge in [-0.15, -0.1) is 0 Å². The van der Waals surface area contributed by atoms with Crippen LogP contribution < -0.4 is 4.90 Å². The van der Waals surface area contributed by atoms with Gasteiger partial charge in [0.15, 0.2) is 0 Å². The van der Waals surface area contributed by atoms with Gasteiger partial charge in [0.05, 0.1) is 11.6 Å². The van der Waals surface area contributed by atoms with E-state index in [1.165, 1.54) is 4.90 Å². The van der Waals surface area contributed by atoms with Crippen molar-refractivity contribution in [1.29, 1.82) is 0 Å². The zero-order chi connectivity index (χ0) is 15.7. The second kappa shape index (κ2) is 6.11. The van der Waals surface area contributed by atoms with Gasteiger partial charge >= 0.3 is 0 Å². The molecule has 0 aromatic heterocycles. The van der Waals surface area contributed by atoms with Crippen molar-refractivity contribution in [3.05, 3.63) is 64.1 Å². The summed E-state index contributed by atoms with van der Waals surface area (Å²) in [6.45, 7) is 0. The van der Waals surface area contributed by atoms with Gasteiger partial charge < -0.3 is 0 Å². The zero-order valence-electron chi connectivity index (χ0n) is 11.6. The van der Waals surface area contributed by atoms with E-state index in [9.17, 15) is 9.59 Å². The summed E-state index contributed by atoms with van der Waals surface area (Å²) in [4.78, 5) is 25.9. The van der Waals surface area contributed by atoms with Gasteiger partial charge in [0.25, 0.3) is 0 Å². The summed E-state index contributed by atoms with van der Waals surface area (Å²) in [7, 11) is 0. The second-order valence-electron chi connectivity index (χ2n) is 5.28. The number of halogens is 2. The van der Waals surface area contributed by atoms with E-state index in [0.29, 0.717) is 22.2 Å². The minimum atomic E-state index is -0.329. The Balaban J connectivity index is 1.79. The molecule has 0 unspecified atom stereocenters. The molecule has 1 heterocycles. The monoisotopic (exact) mass is 333 g/mol. The van der Waals surface area contributed by atoms with Gasteiger partial charge in [0.2, 0.25) is 11.8 Å². The molecule has 0 spiro atoms. The number of hydrogen-bond acceptors (Lipinski definition) is 2. The normalized spacial score (nSPS) is 18.1. The molecule has 0 radical (unpaired) electrons. The lowest BCUT2D eigenvalue weighted by Crippen LogP contribution is -2.30. The minimum absolute atomic E-state index is 0.165. The van der Waals surface area contributed by atoms with Gasteiger partial charge in [0.1, 0.15) is 0 Å². The van der Waals surface area contributed by atoms with Crippen molar-refractivity contribution in [2.45, 2.75) is 12.8 Å². The highest BCUT2D eigenvalue weighted by atomic mass is 35.5. The Morgan fingerprint density at radius 3 is 2.05 bits per heavy atom. The van der Waals surface area contributed by atoms with Gasteiger partial charge in [-0.3, -0.25) is 14.5 Å². The van der Waals surface area contributed by atoms with Crippen LogP contribution in [0.4, 0.5) is 5.69 Å². The van der Waals surface area contributed by atoms with E-state index in [0.717, 1.165) is 5.56 Å². The van der Waals surface area contributed by atoms with Crippen molar-refractivity contribution in [3.63, 3.8) is 0 Å². The van der Waals surface area contributed by atoms with Crippen LogP contribution in [0.5, 0.6) is 0 Å². The minimum Gasteiger partial charge on any atom is -0.274 e. The van der Waals surface area contributed by atoms with E-state index in [2.05, 4.69) is 0 Å². The Bertz CT molecular complexity index is 710. The molecule has 1 aliphatic heterocycles. The van der Waals surface area contributed by atoms with E-state index < -0.39 is 0 Å². The molecule has 2 aromatic rings. The average molecular weight is 334 g/mol. The van der Waals surface area contributed by atoms with Gasteiger partial charge in [0, 0.05) is 16.5 Å². The SMILES string of the molecule is O=C1C[C@@H](Cc2ccc(Cl)cc2)C(=O)N1c1ccc(Cl)cc1. The highest BCUT2D eigenvalue weighted by Crippen LogP contribution is 2.29. The molecule has 22 heavy (non-hydrogen) atoms. The summed E-state index contributed by atoms with van der Waals surface area (Å²) in [6, 6.07) is 14.0. The fraction of sp³-hybridized carbons (Fsp3) is 0.176. The van der Waals surface area contributed by atoms with E-state index in [-0.39, 0.29) is 24.2 Å². The molecular weight excluding hydrogens is 321 g/mol. The molecule has 0 saturated carbocycles. The molecule has 3 nitrogen and oxygen atoms in total. The first-order chi connectivity index (χ1) is 10.5. The number of nitrogens with zero attached hydrogens (tertiary/aromatic N) is 1. The maximum Gasteiger partial charge on any atom is 0.237 e. The predicted octanol–water partition coefficient (Wildman–Crippen LogP) is 4.12. The fourth-order valence-corrected chi connectivity index (χ4v) is 2.87. The molecule has 2 amide bonds. The first kappa shape index (κ1) is 15.1. The van der Waals surface area contributed by atoms with Gasteiger partial charge in [-0.25, -0.2) is 0 Å². The molecule has 3 rings (SSSR count). The first-order valence-electron chi connectivity index (χ1n) is 6.91. The van der Waals surface area contributed by atoms with Gasteiger partial charge in [-0.1, -0.05) is 35.3 Å². The lowest BCUT2D eigenvalue weighted by atomic mass is 9.98. The fourth-order valence-electron chi connectivity index (χ4n) is 2.62. The number of imide groups is 1. The second-order valence-corrected chi connectivity index (χ2v) is 6.15. The molecule has 1 atom stereocenters. The third kappa shape index (κ3) is 3.01. The lowest BCUT2D eigenvalue weighted by Gasteiger charge is -2.15. The smallest absolute Gasteiger partial charge is 0.237 e. The zero-order valence-corrected chi connectivity index (χ0v) is 13.1. The molecule has 0 aliphatic carbocycles. The van der Waals surface area contributed by atoms with E-state index in [1.54, 1.807) is 36.4 Å². The van der Waals surface area contributed by atoms with Crippen molar-refractivity contribution >= 4 is 40.7 Å². The van der Waals surface area contributed by atoms with Gasteiger partial charge in [-0.2, -0.15) is 0 Å². The van der Waals surface area contributed by atoms with E-state index in [4.69, 9.17) is 23.2 Å². The van der Waals surface area contributed by atoms with Gasteiger partial charge in [-0.05, 0) is 48.4 Å². The summed E-state index contributed by atoms with van der Waals surface area (Å²) in [5, 5.41) is 1.22. The molecule has 2 aromatic carbocycles. The number of anilines is 1. The standard InChI is InChI=1S/C17H13Cl2NO2/c18-13-3-1-11(2-4-13)9-12-10-16(21)20(17(12)22)15-7-5-14(19)6-8-15/h1-8,12H,9-10H2/t12-/m1/s1. The third-order valence-electron chi connectivity index (χ3n) is 3.72. The van der Waals surface area contributed by atoms with E-state index >= 15 is 0 Å². The Morgan fingerprint density at radius 2 is 1.45 bits per heavy atom. The van der Waals surface area contributed by atoms with Crippen LogP contribution in [-0.2, 0) is 16.0 Å². The summed E-state index contributed by atoms with van der Waals surface area (Å²) >= 11 is 11.7. The average Bonchev–Trinajstić information content (AvgIpc) is 2.77. The topological polar surface area (TPSA) is 37.4 Å². The van der Waals surface area contributed by atoms with Crippen LogP contribution in [0.2, 0.25) is 10.0 Å². The van der Waals surface area contributed by atoms with Crippen LogP contribution in [0.1, 0.15) is 12.0 Å². The Hall–Kier alpha value is -1.84. The third-order valence-corrected chi connectivity index (χ3v) is 4.22. The Labute approximate surface area is 138 Å². The summed E-state index contributed by atoms with van der Waals surface area (Å²) < 4.78 is 0. The molecule has 0 bridgehead atoms. The number of carbonyl (C=O) groups excluding carboxylic acids is 2. The number of carbonyl (C=O) groups is 2. The van der Waals surface area contributed by atoms with Crippen LogP contribution in [0.3, 0.4) is 0 Å². The van der Waals surface area contributed by atoms with Crippen LogP contribution in [0.15, 0.2) is 48.5 Å². The molecular formula is C17H13Cl2NO2. The predicted molar refractivity (Wildman–Crippen MR) is 87.2 cm³/mol. The molecule has 1 aliphatic rings. The van der Waals surface area contributed by atoms with Crippen LogP contribution in [0.25, 0.3) is 0 Å². The summed E-state index contributed by atoms with van der Waals surface area (Å²) in [5.41, 5.74) is 1.56. The molecule has 112 valence electrons. The molecule has 1 fully saturated rings. The lowest BCUT2D eigenvalue weighted by molar-refractivity contribution is -0.122. The first-order valence-corrected chi connectivity index (χ1v) is 7.67. The number of amides is 2. The maximum absolute atomic E-state index is 12.5. The maximum atomic E-state index is 12.5. The summed E-state index contributed by atoms with van der Waals surface area (Å²) in [6.07, 6.45) is 0.760. The number of benzene rings is 2. The van der Waals surface area contributed by atoms with Crippen molar-refractivity contribution < 1.29 is 9.59 Å². The molecule has 1 saturated heterocycles. The molecule has 0 N–H and O–H groups in total. The van der Waals surface area contributed by atoms with E-state index in [1.807, 2.05) is 12.1 Å². The van der Waals surface area contributed by atoms with Crippen LogP contribution in [-0.4, -0.2) is 11.8 Å². The number of hydrogen-bond donors (Lipinski definition) is 0. The number of rotatable bonds is 3. The highest BCUT2D eigenvalue weighted by molar-refractivity contribution is 6.31.